The molecule has 0 unspecified atom stereocenters. The van der Waals surface area contributed by atoms with Crippen molar-refractivity contribution in [2.24, 2.45) is 0 Å². The molecule has 0 aliphatic heterocycles. The maximum absolute atomic E-state index is 11.4. The molecule has 0 fully saturated rings. The van der Waals surface area contributed by atoms with Gasteiger partial charge in [0.2, 0.25) is 0 Å². The summed E-state index contributed by atoms with van der Waals surface area (Å²) in [4.78, 5) is 48.4. The van der Waals surface area contributed by atoms with Crippen molar-refractivity contribution in [3.63, 3.8) is 0 Å². The Morgan fingerprint density at radius 3 is 1.24 bits per heavy atom. The molecule has 12 heteroatoms. The minimum absolute atomic E-state index is 0. The van der Waals surface area contributed by atoms with Crippen LogP contribution in [0.25, 0.3) is 0 Å². The number of carboxylic acid groups (broad SMARTS) is 2. The summed E-state index contributed by atoms with van der Waals surface area (Å²) >= 11 is 0. The molecule has 3 rings (SSSR count). The average Bonchev–Trinajstić information content (AvgIpc) is 3.03. The molecule has 46 heavy (non-hydrogen) atoms. The van der Waals surface area contributed by atoms with Crippen molar-refractivity contribution in [2.45, 2.75) is 27.7 Å². The van der Waals surface area contributed by atoms with Gasteiger partial charge >= 0.3 is 46.1 Å². The number of likely N-dealkylation sites (N-methyl/N-ethyl adjacent to an activating group) is 2. The van der Waals surface area contributed by atoms with Gasteiger partial charge in [0.05, 0.1) is 11.1 Å². The predicted octanol–water partition coefficient (Wildman–Crippen LogP) is 4.07. The molecule has 258 valence electrons. The minimum Gasteiger partial charge on any atom is -0.478 e. The molecule has 2 aliphatic rings. The number of aromatic carboxylic acids is 2. The summed E-state index contributed by atoms with van der Waals surface area (Å²) in [7, 11) is 0. The number of hydrogen-bond donors (Lipinski definition) is 4. The zero-order valence-electron chi connectivity index (χ0n) is 26.8. The van der Waals surface area contributed by atoms with Gasteiger partial charge in [-0.1, -0.05) is 64.1 Å². The van der Waals surface area contributed by atoms with Gasteiger partial charge < -0.3 is 30.6 Å². The van der Waals surface area contributed by atoms with Crippen LogP contribution in [-0.4, -0.2) is 95.9 Å². The van der Waals surface area contributed by atoms with E-state index in [4.69, 9.17) is 10.2 Å². The molecular formula is C34H46Cu2N4O6+2. The number of carboxylic acids is 2. The van der Waals surface area contributed by atoms with Gasteiger partial charge in [0.15, 0.2) is 11.6 Å². The summed E-state index contributed by atoms with van der Waals surface area (Å²) < 4.78 is 0. The molecule has 0 atom stereocenters. The topological polar surface area (TPSA) is 139 Å². The zero-order valence-corrected chi connectivity index (χ0v) is 28.6. The maximum atomic E-state index is 11.4. The molecule has 10 nitrogen and oxygen atoms in total. The number of hydrogen-bond acceptors (Lipinski definition) is 8. The third-order valence-electron chi connectivity index (χ3n) is 6.67. The van der Waals surface area contributed by atoms with Gasteiger partial charge in [0.1, 0.15) is 0 Å². The molecular weight excluding hydrogens is 687 g/mol. The van der Waals surface area contributed by atoms with Gasteiger partial charge in [-0.15, -0.1) is 0 Å². The number of allylic oxidation sites excluding steroid dienone is 10. The Morgan fingerprint density at radius 1 is 0.630 bits per heavy atom. The molecule has 0 radical (unpaired) electrons. The first kappa shape index (κ1) is 44.6. The van der Waals surface area contributed by atoms with Crippen LogP contribution in [0.4, 0.5) is 0 Å². The normalized spacial score (nSPS) is 14.6. The van der Waals surface area contributed by atoms with E-state index in [-0.39, 0.29) is 56.8 Å². The van der Waals surface area contributed by atoms with Crippen molar-refractivity contribution >= 4 is 23.5 Å². The molecule has 4 N–H and O–H groups in total. The van der Waals surface area contributed by atoms with Crippen molar-refractivity contribution < 1.29 is 63.5 Å². The van der Waals surface area contributed by atoms with Crippen LogP contribution in [0.3, 0.4) is 0 Å². The van der Waals surface area contributed by atoms with Crippen LogP contribution in [0.5, 0.6) is 0 Å². The van der Waals surface area contributed by atoms with Crippen molar-refractivity contribution in [2.75, 3.05) is 52.4 Å². The Labute approximate surface area is 294 Å². The fourth-order valence-corrected chi connectivity index (χ4v) is 3.94. The molecule has 1 aromatic carbocycles. The van der Waals surface area contributed by atoms with E-state index in [1.54, 1.807) is 36.7 Å². The van der Waals surface area contributed by atoms with Crippen LogP contribution in [0, 0.1) is 0 Å². The summed E-state index contributed by atoms with van der Waals surface area (Å²) in [5.41, 5.74) is 1.07. The number of carbonyl (C=O) groups is 4. The van der Waals surface area contributed by atoms with E-state index in [0.29, 0.717) is 0 Å². The number of nitrogens with zero attached hydrogens (tertiary/aromatic N) is 2. The first-order chi connectivity index (χ1) is 21.2. The Kier molecular flexibility index (Phi) is 25.9. The van der Waals surface area contributed by atoms with Crippen LogP contribution in [0.1, 0.15) is 48.4 Å². The summed E-state index contributed by atoms with van der Waals surface area (Å²) in [6.45, 7) is 16.6. The van der Waals surface area contributed by atoms with Crippen LogP contribution >= 0.6 is 0 Å². The van der Waals surface area contributed by atoms with E-state index in [2.05, 4.69) is 48.1 Å². The standard InChI is InChI=1S/2C13H20N2O.C8H6O4.2Cu/c2*1-3-15(4-2)10-9-14-11-12-7-5-6-8-13(12)16;9-7(10)5-3-1-2-4-6(5)8(11)12;;/h2*5-8,11,14H,3-4,9-10H2,1-2H3;1-4H,(H,9,10)(H,11,12);;/q;;;2*+1. The Morgan fingerprint density at radius 2 is 0.957 bits per heavy atom. The second kappa shape index (κ2) is 26.7. The van der Waals surface area contributed by atoms with Gasteiger partial charge in [-0.3, -0.25) is 9.59 Å². The fourth-order valence-electron chi connectivity index (χ4n) is 3.94. The van der Waals surface area contributed by atoms with Crippen LogP contribution in [0.15, 0.2) is 96.4 Å². The number of benzene rings is 1. The van der Waals surface area contributed by atoms with Crippen LogP contribution < -0.4 is 10.6 Å². The van der Waals surface area contributed by atoms with Gasteiger partial charge in [0, 0.05) is 49.7 Å². The van der Waals surface area contributed by atoms with Crippen molar-refractivity contribution in [1.82, 2.24) is 20.4 Å². The summed E-state index contributed by atoms with van der Waals surface area (Å²) in [6, 6.07) is 5.48. The number of rotatable bonds is 14. The second-order valence-corrected chi connectivity index (χ2v) is 9.48. The Balaban J connectivity index is 0. The third-order valence-corrected chi connectivity index (χ3v) is 6.67. The molecule has 0 spiro atoms. The first-order valence-corrected chi connectivity index (χ1v) is 14.8. The number of ketones is 2. The van der Waals surface area contributed by atoms with E-state index in [9.17, 15) is 19.2 Å². The molecule has 0 saturated heterocycles. The van der Waals surface area contributed by atoms with Crippen molar-refractivity contribution in [3.05, 3.63) is 108 Å². The molecule has 2 aliphatic carbocycles. The fraction of sp³-hybridized carbons (Fsp3) is 0.353. The molecule has 0 bridgehead atoms. The Bertz CT molecular complexity index is 1180. The molecule has 0 aromatic heterocycles. The predicted molar refractivity (Wildman–Crippen MR) is 175 cm³/mol. The van der Waals surface area contributed by atoms with Gasteiger partial charge in [-0.2, -0.15) is 0 Å². The van der Waals surface area contributed by atoms with Crippen molar-refractivity contribution in [3.8, 4) is 0 Å². The third kappa shape index (κ3) is 17.8. The quantitative estimate of drug-likeness (QED) is 0.126. The first-order valence-electron chi connectivity index (χ1n) is 14.8. The molecule has 0 amide bonds. The second-order valence-electron chi connectivity index (χ2n) is 9.48. The maximum Gasteiger partial charge on any atom is 1.00 e. The molecule has 1 aromatic rings. The minimum atomic E-state index is -1.23. The van der Waals surface area contributed by atoms with E-state index < -0.39 is 11.9 Å². The van der Waals surface area contributed by atoms with E-state index in [0.717, 1.165) is 63.5 Å². The van der Waals surface area contributed by atoms with Gasteiger partial charge in [0.25, 0.3) is 0 Å². The van der Waals surface area contributed by atoms with E-state index >= 15 is 0 Å². The monoisotopic (exact) mass is 732 g/mol. The summed E-state index contributed by atoms with van der Waals surface area (Å²) in [5, 5.41) is 23.5. The Hall–Kier alpha value is -3.50. The summed E-state index contributed by atoms with van der Waals surface area (Å²) in [5.74, 6) is -2.32. The van der Waals surface area contributed by atoms with Crippen molar-refractivity contribution in [1.29, 1.82) is 0 Å². The number of nitrogens with one attached hydrogen (secondary N) is 2. The van der Waals surface area contributed by atoms with E-state index in [1.165, 1.54) is 24.3 Å². The van der Waals surface area contributed by atoms with Gasteiger partial charge in [-0.05, 0) is 62.6 Å². The number of carbonyl (C=O) groups excluding carboxylic acids is 2. The van der Waals surface area contributed by atoms with Gasteiger partial charge in [-0.25, -0.2) is 9.59 Å². The molecule has 0 heterocycles. The van der Waals surface area contributed by atoms with Crippen LogP contribution in [-0.2, 0) is 43.7 Å². The largest absolute Gasteiger partial charge is 1.00 e. The van der Waals surface area contributed by atoms with Crippen LogP contribution in [0.2, 0.25) is 0 Å². The summed E-state index contributed by atoms with van der Waals surface area (Å²) in [6.07, 6.45) is 17.7. The smallest absolute Gasteiger partial charge is 0.478 e. The average molecular weight is 734 g/mol. The molecule has 0 saturated carbocycles. The van der Waals surface area contributed by atoms with E-state index in [1.807, 2.05) is 24.3 Å². The SMILES string of the molecule is CCN(CC)CCNC=C1C=CC=CC1=O.CCN(CC)CCNC=C1C=CC=CC1=O.O=C(O)c1ccccc1C(=O)O.[Cu+].[Cu+]. The zero-order chi connectivity index (χ0) is 32.7.